The van der Waals surface area contributed by atoms with Crippen molar-refractivity contribution in [1.82, 2.24) is 4.98 Å². The number of hydrogen-bond acceptors (Lipinski definition) is 3. The summed E-state index contributed by atoms with van der Waals surface area (Å²) in [6.07, 6.45) is 5.48. The first kappa shape index (κ1) is 11.2. The van der Waals surface area contributed by atoms with Crippen LogP contribution in [0.15, 0.2) is 18.3 Å². The van der Waals surface area contributed by atoms with Crippen LogP contribution in [0, 0.1) is 5.41 Å². The molecule has 0 radical (unpaired) electrons. The van der Waals surface area contributed by atoms with Crippen molar-refractivity contribution >= 4 is 5.69 Å². The maximum absolute atomic E-state index is 5.23. The first-order valence-corrected chi connectivity index (χ1v) is 5.86. The molecule has 0 aliphatic heterocycles. The predicted octanol–water partition coefficient (Wildman–Crippen LogP) is 3.08. The van der Waals surface area contributed by atoms with Crippen molar-refractivity contribution in [1.29, 1.82) is 0 Å². The van der Waals surface area contributed by atoms with Crippen LogP contribution in [0.2, 0.25) is 0 Å². The second-order valence-corrected chi connectivity index (χ2v) is 5.31. The Labute approximate surface area is 97.2 Å². The highest BCUT2D eigenvalue weighted by Gasteiger charge is 2.31. The fourth-order valence-corrected chi connectivity index (χ4v) is 2.44. The van der Waals surface area contributed by atoms with E-state index in [1.165, 1.54) is 19.3 Å². The van der Waals surface area contributed by atoms with Crippen molar-refractivity contribution in [3.05, 3.63) is 18.3 Å². The average molecular weight is 220 g/mol. The van der Waals surface area contributed by atoms with E-state index in [-0.39, 0.29) is 0 Å². The largest absolute Gasteiger partial charge is 0.480 e. The number of pyridine rings is 1. The summed E-state index contributed by atoms with van der Waals surface area (Å²) in [6.45, 7) is 4.66. The minimum atomic E-state index is 0.465. The zero-order chi connectivity index (χ0) is 11.6. The van der Waals surface area contributed by atoms with Gasteiger partial charge in [-0.2, -0.15) is 0 Å². The van der Waals surface area contributed by atoms with Crippen LogP contribution in [0.25, 0.3) is 0 Å². The van der Waals surface area contributed by atoms with Gasteiger partial charge in [0.25, 0.3) is 0 Å². The molecule has 2 rings (SSSR count). The Morgan fingerprint density at radius 1 is 1.50 bits per heavy atom. The summed E-state index contributed by atoms with van der Waals surface area (Å²) in [5, 5.41) is 3.53. The van der Waals surface area contributed by atoms with Crippen LogP contribution < -0.4 is 10.1 Å². The van der Waals surface area contributed by atoms with Crippen molar-refractivity contribution in [2.24, 2.45) is 5.41 Å². The lowest BCUT2D eigenvalue weighted by atomic mass is 9.92. The molecule has 1 atom stereocenters. The van der Waals surface area contributed by atoms with E-state index < -0.39 is 0 Å². The highest BCUT2D eigenvalue weighted by Crippen LogP contribution is 2.38. The number of methoxy groups -OCH3 is 1. The molecular formula is C13H20N2O. The Balaban J connectivity index is 2.04. The highest BCUT2D eigenvalue weighted by molar-refractivity contribution is 5.52. The summed E-state index contributed by atoms with van der Waals surface area (Å²) < 4.78 is 5.23. The van der Waals surface area contributed by atoms with Crippen molar-refractivity contribution in [3.8, 4) is 5.88 Å². The van der Waals surface area contributed by atoms with Crippen LogP contribution in [0.5, 0.6) is 5.88 Å². The van der Waals surface area contributed by atoms with Crippen molar-refractivity contribution < 1.29 is 4.74 Å². The molecular weight excluding hydrogens is 200 g/mol. The van der Waals surface area contributed by atoms with Gasteiger partial charge in [0.15, 0.2) is 0 Å². The summed E-state index contributed by atoms with van der Waals surface area (Å²) in [5.41, 5.74) is 1.47. The second kappa shape index (κ2) is 4.32. The summed E-state index contributed by atoms with van der Waals surface area (Å²) >= 11 is 0. The van der Waals surface area contributed by atoms with Crippen molar-refractivity contribution in [2.75, 3.05) is 12.4 Å². The van der Waals surface area contributed by atoms with E-state index in [1.807, 2.05) is 12.1 Å². The van der Waals surface area contributed by atoms with Gasteiger partial charge in [-0.25, -0.2) is 4.98 Å². The zero-order valence-electron chi connectivity index (χ0n) is 10.3. The molecule has 0 bridgehead atoms. The third kappa shape index (κ3) is 2.46. The number of ether oxygens (including phenoxy) is 1. The van der Waals surface area contributed by atoms with Gasteiger partial charge in [-0.3, -0.25) is 0 Å². The van der Waals surface area contributed by atoms with E-state index in [0.29, 0.717) is 17.3 Å². The number of nitrogens with one attached hydrogen (secondary N) is 1. The van der Waals surface area contributed by atoms with Crippen LogP contribution in [-0.2, 0) is 0 Å². The van der Waals surface area contributed by atoms with Crippen molar-refractivity contribution in [2.45, 2.75) is 39.2 Å². The normalized spacial score (nSPS) is 23.1. The van der Waals surface area contributed by atoms with Gasteiger partial charge in [-0.05, 0) is 36.8 Å². The Bertz CT molecular complexity index is 363. The zero-order valence-corrected chi connectivity index (χ0v) is 10.3. The Kier molecular flexibility index (Phi) is 3.03. The molecule has 88 valence electrons. The van der Waals surface area contributed by atoms with Crippen LogP contribution in [0.4, 0.5) is 5.69 Å². The molecule has 0 saturated heterocycles. The van der Waals surface area contributed by atoms with E-state index in [1.54, 1.807) is 13.3 Å². The van der Waals surface area contributed by atoms with Gasteiger partial charge in [-0.15, -0.1) is 0 Å². The molecule has 0 amide bonds. The third-order valence-corrected chi connectivity index (χ3v) is 3.29. The number of aromatic nitrogens is 1. The van der Waals surface area contributed by atoms with Crippen LogP contribution >= 0.6 is 0 Å². The second-order valence-electron chi connectivity index (χ2n) is 5.31. The van der Waals surface area contributed by atoms with E-state index in [2.05, 4.69) is 24.1 Å². The van der Waals surface area contributed by atoms with E-state index in [9.17, 15) is 0 Å². The SMILES string of the molecule is COc1ncccc1NC1CCC(C)(C)C1. The molecule has 1 aromatic heterocycles. The molecule has 1 saturated carbocycles. The number of rotatable bonds is 3. The van der Waals surface area contributed by atoms with Gasteiger partial charge < -0.3 is 10.1 Å². The van der Waals surface area contributed by atoms with Crippen LogP contribution in [0.1, 0.15) is 33.1 Å². The standard InChI is InChI=1S/C13H20N2O/c1-13(2)7-6-10(9-13)15-11-5-4-8-14-12(11)16-3/h4-5,8,10,15H,6-7,9H2,1-3H3. The van der Waals surface area contributed by atoms with Gasteiger partial charge in [0.1, 0.15) is 0 Å². The molecule has 16 heavy (non-hydrogen) atoms. The predicted molar refractivity (Wildman–Crippen MR) is 65.8 cm³/mol. The molecule has 1 aromatic rings. The number of anilines is 1. The van der Waals surface area contributed by atoms with Gasteiger partial charge in [0.05, 0.1) is 12.8 Å². The number of hydrogen-bond donors (Lipinski definition) is 1. The molecule has 3 heteroatoms. The molecule has 1 aliphatic rings. The molecule has 1 N–H and O–H groups in total. The maximum Gasteiger partial charge on any atom is 0.237 e. The maximum atomic E-state index is 5.23. The lowest BCUT2D eigenvalue weighted by molar-refractivity contribution is 0.377. The summed E-state index contributed by atoms with van der Waals surface area (Å²) in [5.74, 6) is 0.687. The minimum Gasteiger partial charge on any atom is -0.480 e. The molecule has 3 nitrogen and oxygen atoms in total. The first-order chi connectivity index (χ1) is 7.61. The molecule has 1 aliphatic carbocycles. The quantitative estimate of drug-likeness (QED) is 0.850. The smallest absolute Gasteiger partial charge is 0.237 e. The Morgan fingerprint density at radius 2 is 2.31 bits per heavy atom. The van der Waals surface area contributed by atoms with Crippen LogP contribution in [0.3, 0.4) is 0 Å². The van der Waals surface area contributed by atoms with E-state index in [0.717, 1.165) is 5.69 Å². The fraction of sp³-hybridized carbons (Fsp3) is 0.615. The minimum absolute atomic E-state index is 0.465. The molecule has 1 heterocycles. The summed E-state index contributed by atoms with van der Waals surface area (Å²) in [4.78, 5) is 4.19. The molecule has 0 aromatic carbocycles. The molecule has 1 fully saturated rings. The van der Waals surface area contributed by atoms with E-state index >= 15 is 0 Å². The molecule has 1 unspecified atom stereocenters. The topological polar surface area (TPSA) is 34.1 Å². The van der Waals surface area contributed by atoms with E-state index in [4.69, 9.17) is 4.74 Å². The Morgan fingerprint density at radius 3 is 2.94 bits per heavy atom. The first-order valence-electron chi connectivity index (χ1n) is 5.86. The number of nitrogens with zero attached hydrogens (tertiary/aromatic N) is 1. The van der Waals surface area contributed by atoms with Gasteiger partial charge in [-0.1, -0.05) is 13.8 Å². The van der Waals surface area contributed by atoms with Gasteiger partial charge in [0, 0.05) is 12.2 Å². The lowest BCUT2D eigenvalue weighted by Gasteiger charge is -2.19. The third-order valence-electron chi connectivity index (χ3n) is 3.29. The van der Waals surface area contributed by atoms with Gasteiger partial charge >= 0.3 is 0 Å². The monoisotopic (exact) mass is 220 g/mol. The summed E-state index contributed by atoms with van der Waals surface area (Å²) in [6, 6.07) is 4.51. The lowest BCUT2D eigenvalue weighted by Crippen LogP contribution is -2.18. The molecule has 0 spiro atoms. The fourth-order valence-electron chi connectivity index (χ4n) is 2.44. The Hall–Kier alpha value is -1.25. The highest BCUT2D eigenvalue weighted by atomic mass is 16.5. The summed E-state index contributed by atoms with van der Waals surface area (Å²) in [7, 11) is 1.66. The van der Waals surface area contributed by atoms with Gasteiger partial charge in [0.2, 0.25) is 5.88 Å². The van der Waals surface area contributed by atoms with Crippen LogP contribution in [-0.4, -0.2) is 18.1 Å². The average Bonchev–Trinajstić information content (AvgIpc) is 2.59. The van der Waals surface area contributed by atoms with Crippen molar-refractivity contribution in [3.63, 3.8) is 0 Å².